The van der Waals surface area contributed by atoms with Crippen molar-refractivity contribution >= 4 is 46.4 Å². The van der Waals surface area contributed by atoms with Crippen LogP contribution in [0.4, 0.5) is 11.4 Å². The Hall–Kier alpha value is -2.24. The molecule has 2 aromatic carbocycles. The number of rotatable bonds is 5. The quantitative estimate of drug-likeness (QED) is 0.812. The molecule has 1 heterocycles. The van der Waals surface area contributed by atoms with E-state index in [2.05, 4.69) is 5.32 Å². The van der Waals surface area contributed by atoms with E-state index >= 15 is 0 Å². The predicted molar refractivity (Wildman–Crippen MR) is 103 cm³/mol. The van der Waals surface area contributed by atoms with Gasteiger partial charge in [-0.05, 0) is 49.7 Å². The number of nitrogens with one attached hydrogen (secondary N) is 1. The highest BCUT2D eigenvalue weighted by Gasteiger charge is 2.22. The van der Waals surface area contributed by atoms with Crippen molar-refractivity contribution in [1.29, 1.82) is 0 Å². The van der Waals surface area contributed by atoms with Crippen molar-refractivity contribution in [2.45, 2.75) is 25.9 Å². The minimum atomic E-state index is -0.759. The van der Waals surface area contributed by atoms with Crippen molar-refractivity contribution in [3.05, 3.63) is 52.5 Å². The molecule has 26 heavy (non-hydrogen) atoms. The molecule has 1 atom stereocenters. The molecule has 1 saturated heterocycles. The Labute approximate surface area is 161 Å². The standard InChI is InChI=1S/C19H18Cl2N2O3/c1-12(26-17-8-7-13(20)10-16(17)21)19(25)22-14-4-2-5-15(11-14)23-9-3-6-18(23)24/h2,4-5,7-8,10-12H,3,6,9H2,1H3,(H,22,25)/t12-/m0/s1. The first-order chi connectivity index (χ1) is 12.4. The highest BCUT2D eigenvalue weighted by molar-refractivity contribution is 6.35. The van der Waals surface area contributed by atoms with Gasteiger partial charge in [-0.25, -0.2) is 0 Å². The minimum Gasteiger partial charge on any atom is -0.479 e. The van der Waals surface area contributed by atoms with Crippen LogP contribution in [0.1, 0.15) is 19.8 Å². The van der Waals surface area contributed by atoms with Crippen LogP contribution in [0.2, 0.25) is 10.0 Å². The molecule has 7 heteroatoms. The number of hydrogen-bond donors (Lipinski definition) is 1. The summed E-state index contributed by atoms with van der Waals surface area (Å²) in [5, 5.41) is 3.63. The van der Waals surface area contributed by atoms with Gasteiger partial charge in [-0.15, -0.1) is 0 Å². The lowest BCUT2D eigenvalue weighted by atomic mass is 10.2. The number of amides is 2. The van der Waals surface area contributed by atoms with Crippen LogP contribution in [0.25, 0.3) is 0 Å². The summed E-state index contributed by atoms with van der Waals surface area (Å²) in [4.78, 5) is 26.0. The van der Waals surface area contributed by atoms with Gasteiger partial charge in [0.1, 0.15) is 5.75 Å². The zero-order chi connectivity index (χ0) is 18.7. The fourth-order valence-corrected chi connectivity index (χ4v) is 3.18. The Kier molecular flexibility index (Phi) is 5.69. The number of carbonyl (C=O) groups excluding carboxylic acids is 2. The molecule has 3 rings (SSSR count). The molecule has 2 aromatic rings. The summed E-state index contributed by atoms with van der Waals surface area (Å²) < 4.78 is 5.61. The van der Waals surface area contributed by atoms with Gasteiger partial charge in [0.15, 0.2) is 6.10 Å². The number of nitrogens with zero attached hydrogens (tertiary/aromatic N) is 1. The lowest BCUT2D eigenvalue weighted by molar-refractivity contribution is -0.122. The maximum Gasteiger partial charge on any atom is 0.265 e. The number of hydrogen-bond acceptors (Lipinski definition) is 3. The third kappa shape index (κ3) is 4.29. The van der Waals surface area contributed by atoms with E-state index in [1.165, 1.54) is 0 Å². The minimum absolute atomic E-state index is 0.0996. The Morgan fingerprint density at radius 2 is 2.04 bits per heavy atom. The first-order valence-electron chi connectivity index (χ1n) is 8.27. The van der Waals surface area contributed by atoms with Crippen LogP contribution in [-0.2, 0) is 9.59 Å². The van der Waals surface area contributed by atoms with E-state index in [0.717, 1.165) is 12.1 Å². The summed E-state index contributed by atoms with van der Waals surface area (Å²) in [6, 6.07) is 12.0. The second kappa shape index (κ2) is 7.98. The topological polar surface area (TPSA) is 58.6 Å². The summed E-state index contributed by atoms with van der Waals surface area (Å²) in [5.41, 5.74) is 1.38. The molecule has 0 aromatic heterocycles. The Morgan fingerprint density at radius 1 is 1.23 bits per heavy atom. The van der Waals surface area contributed by atoms with Gasteiger partial charge < -0.3 is 15.0 Å². The lowest BCUT2D eigenvalue weighted by Gasteiger charge is -2.18. The van der Waals surface area contributed by atoms with Gasteiger partial charge in [0.05, 0.1) is 5.02 Å². The summed E-state index contributed by atoms with van der Waals surface area (Å²) >= 11 is 11.9. The first-order valence-corrected chi connectivity index (χ1v) is 9.02. The number of anilines is 2. The molecular weight excluding hydrogens is 375 g/mol. The molecule has 0 radical (unpaired) electrons. The van der Waals surface area contributed by atoms with Crippen molar-refractivity contribution in [2.75, 3.05) is 16.8 Å². The van der Waals surface area contributed by atoms with Gasteiger partial charge in [-0.1, -0.05) is 29.3 Å². The number of benzene rings is 2. The summed E-state index contributed by atoms with van der Waals surface area (Å²) in [6.45, 7) is 2.33. The van der Waals surface area contributed by atoms with E-state index < -0.39 is 6.10 Å². The summed E-state index contributed by atoms with van der Waals surface area (Å²) in [7, 11) is 0. The van der Waals surface area contributed by atoms with E-state index in [9.17, 15) is 9.59 Å². The van der Waals surface area contributed by atoms with E-state index in [1.54, 1.807) is 48.2 Å². The van der Waals surface area contributed by atoms with Crippen molar-refractivity contribution in [3.8, 4) is 5.75 Å². The fraction of sp³-hybridized carbons (Fsp3) is 0.263. The number of halogens is 2. The molecule has 1 aliphatic rings. The van der Waals surface area contributed by atoms with Crippen LogP contribution in [0.15, 0.2) is 42.5 Å². The second-order valence-corrected chi connectivity index (χ2v) is 6.87. The summed E-state index contributed by atoms with van der Waals surface area (Å²) in [5.74, 6) is 0.165. The Balaban J connectivity index is 1.66. The van der Waals surface area contributed by atoms with Crippen molar-refractivity contribution in [1.82, 2.24) is 0 Å². The predicted octanol–water partition coefficient (Wildman–Crippen LogP) is 4.53. The van der Waals surface area contributed by atoms with Gasteiger partial charge in [-0.2, -0.15) is 0 Å². The average molecular weight is 393 g/mol. The molecule has 1 aliphatic heterocycles. The molecule has 0 aliphatic carbocycles. The zero-order valence-electron chi connectivity index (χ0n) is 14.2. The van der Waals surface area contributed by atoms with Gasteiger partial charge in [0.25, 0.3) is 5.91 Å². The van der Waals surface area contributed by atoms with E-state index in [0.29, 0.717) is 34.4 Å². The van der Waals surface area contributed by atoms with Crippen LogP contribution in [-0.4, -0.2) is 24.5 Å². The third-order valence-corrected chi connectivity index (χ3v) is 4.60. The average Bonchev–Trinajstić information content (AvgIpc) is 3.03. The number of carbonyl (C=O) groups is 2. The lowest BCUT2D eigenvalue weighted by Crippen LogP contribution is -2.30. The molecule has 0 unspecified atom stereocenters. The van der Waals surface area contributed by atoms with Gasteiger partial charge in [0, 0.05) is 29.4 Å². The molecule has 136 valence electrons. The monoisotopic (exact) mass is 392 g/mol. The first kappa shape index (κ1) is 18.5. The van der Waals surface area contributed by atoms with E-state index in [-0.39, 0.29) is 11.8 Å². The molecule has 0 spiro atoms. The zero-order valence-corrected chi connectivity index (χ0v) is 15.7. The fourth-order valence-electron chi connectivity index (χ4n) is 2.73. The van der Waals surface area contributed by atoms with Crippen LogP contribution in [0.5, 0.6) is 5.75 Å². The SMILES string of the molecule is C[C@H](Oc1ccc(Cl)cc1Cl)C(=O)Nc1cccc(N2CCCC2=O)c1. The summed E-state index contributed by atoms with van der Waals surface area (Å²) in [6.07, 6.45) is 0.650. The molecule has 5 nitrogen and oxygen atoms in total. The molecule has 1 N–H and O–H groups in total. The normalized spacial score (nSPS) is 15.0. The van der Waals surface area contributed by atoms with Crippen molar-refractivity contribution < 1.29 is 14.3 Å². The van der Waals surface area contributed by atoms with Crippen LogP contribution >= 0.6 is 23.2 Å². The Morgan fingerprint density at radius 3 is 2.73 bits per heavy atom. The maximum atomic E-state index is 12.4. The van der Waals surface area contributed by atoms with Crippen LogP contribution in [0, 0.1) is 0 Å². The largest absolute Gasteiger partial charge is 0.479 e. The highest BCUT2D eigenvalue weighted by Crippen LogP contribution is 2.29. The number of ether oxygens (including phenoxy) is 1. The van der Waals surface area contributed by atoms with E-state index in [1.807, 2.05) is 6.07 Å². The highest BCUT2D eigenvalue weighted by atomic mass is 35.5. The molecule has 2 amide bonds. The maximum absolute atomic E-state index is 12.4. The van der Waals surface area contributed by atoms with Gasteiger partial charge >= 0.3 is 0 Å². The Bertz CT molecular complexity index is 841. The van der Waals surface area contributed by atoms with Crippen molar-refractivity contribution in [2.24, 2.45) is 0 Å². The van der Waals surface area contributed by atoms with Crippen LogP contribution < -0.4 is 15.0 Å². The third-order valence-electron chi connectivity index (χ3n) is 4.07. The molecule has 0 saturated carbocycles. The molecule has 0 bridgehead atoms. The van der Waals surface area contributed by atoms with E-state index in [4.69, 9.17) is 27.9 Å². The van der Waals surface area contributed by atoms with Gasteiger partial charge in [-0.3, -0.25) is 9.59 Å². The van der Waals surface area contributed by atoms with Gasteiger partial charge in [0.2, 0.25) is 5.91 Å². The second-order valence-electron chi connectivity index (χ2n) is 6.02. The smallest absolute Gasteiger partial charge is 0.265 e. The van der Waals surface area contributed by atoms with Crippen molar-refractivity contribution in [3.63, 3.8) is 0 Å². The van der Waals surface area contributed by atoms with Crippen LogP contribution in [0.3, 0.4) is 0 Å². The molecule has 1 fully saturated rings. The molecular formula is C19H18Cl2N2O3.